The Labute approximate surface area is 115 Å². The van der Waals surface area contributed by atoms with Crippen LogP contribution in [0.4, 0.5) is 10.5 Å². The van der Waals surface area contributed by atoms with E-state index in [9.17, 15) is 4.79 Å². The molecule has 0 spiro atoms. The fraction of sp³-hybridized carbons (Fsp3) is 0.533. The molecule has 1 aromatic rings. The summed E-state index contributed by atoms with van der Waals surface area (Å²) >= 11 is 0. The van der Waals surface area contributed by atoms with Crippen molar-refractivity contribution in [1.29, 1.82) is 0 Å². The van der Waals surface area contributed by atoms with Crippen molar-refractivity contribution in [2.24, 2.45) is 5.92 Å². The normalized spacial score (nSPS) is 20.0. The average molecular weight is 261 g/mol. The van der Waals surface area contributed by atoms with Gasteiger partial charge in [0.25, 0.3) is 0 Å². The number of nitrogens with one attached hydrogen (secondary N) is 1. The molecule has 0 saturated carbocycles. The Bertz CT molecular complexity index is 452. The number of carbonyl (C=O) groups excluding carboxylic acids is 1. The molecule has 2 rings (SSSR count). The van der Waals surface area contributed by atoms with E-state index >= 15 is 0 Å². The highest BCUT2D eigenvalue weighted by Gasteiger charge is 2.31. The number of carbonyl (C=O) groups is 1. The Morgan fingerprint density at radius 1 is 1.26 bits per heavy atom. The molecule has 1 unspecified atom stereocenters. The van der Waals surface area contributed by atoms with Gasteiger partial charge in [0.15, 0.2) is 0 Å². The van der Waals surface area contributed by atoms with Crippen LogP contribution in [0.2, 0.25) is 0 Å². The predicted molar refractivity (Wildman–Crippen MR) is 78.7 cm³/mol. The van der Waals surface area contributed by atoms with Gasteiger partial charge in [-0.15, -0.1) is 0 Å². The third-order valence-corrected chi connectivity index (χ3v) is 3.73. The molecular weight excluding hydrogens is 238 g/mol. The van der Waals surface area contributed by atoms with Gasteiger partial charge in [-0.3, -0.25) is 4.90 Å². The zero-order chi connectivity index (χ0) is 14.0. The number of hydrogen-bond acceptors (Lipinski definition) is 2. The van der Waals surface area contributed by atoms with Crippen molar-refractivity contribution in [2.75, 3.05) is 38.6 Å². The summed E-state index contributed by atoms with van der Waals surface area (Å²) in [5.74, 6) is 0.465. The van der Waals surface area contributed by atoms with E-state index in [-0.39, 0.29) is 6.03 Å². The molecule has 1 aliphatic rings. The monoisotopic (exact) mass is 261 g/mol. The van der Waals surface area contributed by atoms with Crippen LogP contribution in [0, 0.1) is 19.8 Å². The van der Waals surface area contributed by atoms with E-state index in [0.717, 1.165) is 36.4 Å². The zero-order valence-electron chi connectivity index (χ0n) is 12.2. The topological polar surface area (TPSA) is 35.6 Å². The van der Waals surface area contributed by atoms with E-state index in [1.54, 1.807) is 0 Å². The number of benzene rings is 1. The Kier molecular flexibility index (Phi) is 4.10. The second-order valence-corrected chi connectivity index (χ2v) is 5.44. The lowest BCUT2D eigenvalue weighted by Gasteiger charge is -2.39. The predicted octanol–water partition coefficient (Wildman–Crippen LogP) is 2.01. The Balaban J connectivity index is 2.33. The van der Waals surface area contributed by atoms with Crippen LogP contribution < -0.4 is 10.2 Å². The van der Waals surface area contributed by atoms with Gasteiger partial charge in [0.2, 0.25) is 0 Å². The maximum Gasteiger partial charge on any atom is 0.324 e. The fourth-order valence-corrected chi connectivity index (χ4v) is 2.90. The molecule has 1 atom stereocenters. The molecule has 4 heteroatoms. The summed E-state index contributed by atoms with van der Waals surface area (Å²) in [6, 6.07) is 6.27. The van der Waals surface area contributed by atoms with Crippen LogP contribution in [0.15, 0.2) is 18.2 Å². The van der Waals surface area contributed by atoms with Crippen LogP contribution in [0.25, 0.3) is 0 Å². The van der Waals surface area contributed by atoms with Crippen molar-refractivity contribution >= 4 is 11.7 Å². The first-order valence-electron chi connectivity index (χ1n) is 6.78. The second kappa shape index (κ2) is 5.61. The number of rotatable bonds is 3. The first-order chi connectivity index (χ1) is 9.04. The molecule has 0 aliphatic carbocycles. The highest BCUT2D eigenvalue weighted by Crippen LogP contribution is 2.28. The van der Waals surface area contributed by atoms with Gasteiger partial charge in [-0.1, -0.05) is 18.2 Å². The number of anilines is 1. The van der Waals surface area contributed by atoms with Crippen molar-refractivity contribution in [3.05, 3.63) is 29.3 Å². The van der Waals surface area contributed by atoms with Crippen LogP contribution >= 0.6 is 0 Å². The summed E-state index contributed by atoms with van der Waals surface area (Å²) < 4.78 is 0. The zero-order valence-corrected chi connectivity index (χ0v) is 12.2. The van der Waals surface area contributed by atoms with E-state index < -0.39 is 0 Å². The van der Waals surface area contributed by atoms with E-state index in [2.05, 4.69) is 31.3 Å². The third-order valence-electron chi connectivity index (χ3n) is 3.73. The summed E-state index contributed by atoms with van der Waals surface area (Å²) in [4.78, 5) is 16.2. The summed E-state index contributed by atoms with van der Waals surface area (Å²) in [6.45, 7) is 6.67. The maximum atomic E-state index is 12.4. The van der Waals surface area contributed by atoms with E-state index in [1.807, 2.05) is 30.0 Å². The molecule has 1 saturated heterocycles. The Morgan fingerprint density at radius 3 is 2.47 bits per heavy atom. The summed E-state index contributed by atoms with van der Waals surface area (Å²) in [7, 11) is 3.84. The molecule has 1 aliphatic heterocycles. The van der Waals surface area contributed by atoms with Gasteiger partial charge in [-0.2, -0.15) is 0 Å². The number of para-hydroxylation sites is 1. The number of urea groups is 1. The van der Waals surface area contributed by atoms with Gasteiger partial charge in [0, 0.05) is 32.6 Å². The molecule has 0 bridgehead atoms. The third kappa shape index (κ3) is 2.73. The summed E-state index contributed by atoms with van der Waals surface area (Å²) in [5, 5.41) is 3.21. The van der Waals surface area contributed by atoms with Crippen molar-refractivity contribution in [2.45, 2.75) is 13.8 Å². The van der Waals surface area contributed by atoms with Gasteiger partial charge < -0.3 is 10.2 Å². The van der Waals surface area contributed by atoms with Crippen molar-refractivity contribution in [1.82, 2.24) is 10.2 Å². The number of aryl methyl sites for hydroxylation is 2. The summed E-state index contributed by atoms with van der Waals surface area (Å²) in [6.07, 6.45) is 0. The molecule has 2 amide bonds. The number of hydrogen-bond donors (Lipinski definition) is 1. The molecule has 1 aromatic carbocycles. The first-order valence-corrected chi connectivity index (χ1v) is 6.78. The lowest BCUT2D eigenvalue weighted by Crippen LogP contribution is -2.54. The largest absolute Gasteiger partial charge is 0.327 e. The van der Waals surface area contributed by atoms with E-state index in [1.165, 1.54) is 0 Å². The first kappa shape index (κ1) is 13.9. The minimum Gasteiger partial charge on any atom is -0.327 e. The van der Waals surface area contributed by atoms with Gasteiger partial charge in [0.1, 0.15) is 0 Å². The second-order valence-electron chi connectivity index (χ2n) is 5.44. The standard InChI is InChI=1S/C15H23N3O/c1-11-6-5-7-12(2)14(11)18-10-13(8-16-3)9-17(4)15(18)19/h5-7,13,16H,8-10H2,1-4H3. The van der Waals surface area contributed by atoms with Gasteiger partial charge in [-0.05, 0) is 32.0 Å². The summed E-state index contributed by atoms with van der Waals surface area (Å²) in [5.41, 5.74) is 3.39. The Morgan fingerprint density at radius 2 is 1.89 bits per heavy atom. The maximum absolute atomic E-state index is 12.4. The molecule has 104 valence electrons. The van der Waals surface area contributed by atoms with Crippen molar-refractivity contribution < 1.29 is 4.79 Å². The quantitative estimate of drug-likeness (QED) is 0.903. The van der Waals surface area contributed by atoms with Crippen molar-refractivity contribution in [3.63, 3.8) is 0 Å². The van der Waals surface area contributed by atoms with Crippen LogP contribution in [0.3, 0.4) is 0 Å². The minimum absolute atomic E-state index is 0.102. The molecule has 1 fully saturated rings. The minimum atomic E-state index is 0.102. The van der Waals surface area contributed by atoms with Crippen LogP contribution in [0.5, 0.6) is 0 Å². The fourth-order valence-electron chi connectivity index (χ4n) is 2.90. The molecule has 4 nitrogen and oxygen atoms in total. The average Bonchev–Trinajstić information content (AvgIpc) is 2.35. The SMILES string of the molecule is CNCC1CN(C)C(=O)N(c2c(C)cccc2C)C1. The van der Waals surface area contributed by atoms with Crippen LogP contribution in [-0.2, 0) is 0 Å². The van der Waals surface area contributed by atoms with Crippen LogP contribution in [0.1, 0.15) is 11.1 Å². The van der Waals surface area contributed by atoms with Gasteiger partial charge in [0.05, 0.1) is 5.69 Å². The number of amides is 2. The molecule has 1 N–H and O–H groups in total. The highest BCUT2D eigenvalue weighted by molar-refractivity contribution is 5.94. The van der Waals surface area contributed by atoms with Gasteiger partial charge in [-0.25, -0.2) is 4.79 Å². The van der Waals surface area contributed by atoms with Gasteiger partial charge >= 0.3 is 6.03 Å². The van der Waals surface area contributed by atoms with E-state index in [4.69, 9.17) is 0 Å². The molecule has 0 radical (unpaired) electrons. The van der Waals surface area contributed by atoms with E-state index in [0.29, 0.717) is 5.92 Å². The molecule has 1 heterocycles. The Hall–Kier alpha value is -1.55. The highest BCUT2D eigenvalue weighted by atomic mass is 16.2. The lowest BCUT2D eigenvalue weighted by molar-refractivity contribution is 0.192. The van der Waals surface area contributed by atoms with Crippen LogP contribution in [-0.4, -0.2) is 44.7 Å². The molecule has 19 heavy (non-hydrogen) atoms. The van der Waals surface area contributed by atoms with Crippen molar-refractivity contribution in [3.8, 4) is 0 Å². The lowest BCUT2D eigenvalue weighted by atomic mass is 10.0. The smallest absolute Gasteiger partial charge is 0.324 e. The molecular formula is C15H23N3O. The molecule has 0 aromatic heterocycles. The number of nitrogens with zero attached hydrogens (tertiary/aromatic N) is 2.